The van der Waals surface area contributed by atoms with Crippen LogP contribution in [0, 0.1) is 19.8 Å². The molecule has 0 aliphatic carbocycles. The normalized spacial score (nSPS) is 14.7. The number of esters is 1. The van der Waals surface area contributed by atoms with Crippen molar-refractivity contribution in [3.05, 3.63) is 65.0 Å². The summed E-state index contributed by atoms with van der Waals surface area (Å²) >= 11 is 0. The van der Waals surface area contributed by atoms with Crippen molar-refractivity contribution >= 4 is 23.7 Å². The molecule has 1 aromatic carbocycles. The number of aryl methyl sites for hydroxylation is 1. The molecule has 0 unspecified atom stereocenters. The Balaban J connectivity index is 1.46. The van der Waals surface area contributed by atoms with Crippen LogP contribution in [0.15, 0.2) is 42.5 Å². The van der Waals surface area contributed by atoms with Crippen LogP contribution in [0.2, 0.25) is 0 Å². The zero-order chi connectivity index (χ0) is 23.1. The number of carbonyl (C=O) groups excluding carboxylic acids is 3. The molecule has 6 heteroatoms. The van der Waals surface area contributed by atoms with Gasteiger partial charge in [0, 0.05) is 42.7 Å². The van der Waals surface area contributed by atoms with Crippen LogP contribution in [0.1, 0.15) is 53.5 Å². The number of likely N-dealkylation sites (tertiary alicyclic amines) is 1. The largest absolute Gasteiger partial charge is 0.457 e. The number of hydrogen-bond acceptors (Lipinski definition) is 4. The Hall–Kier alpha value is -3.15. The predicted molar refractivity (Wildman–Crippen MR) is 124 cm³/mol. The highest BCUT2D eigenvalue weighted by molar-refractivity contribution is 5.99. The highest BCUT2D eigenvalue weighted by Crippen LogP contribution is 2.20. The maximum Gasteiger partial charge on any atom is 0.309 e. The summed E-state index contributed by atoms with van der Waals surface area (Å²) in [5, 5.41) is 0. The van der Waals surface area contributed by atoms with Crippen LogP contribution in [-0.2, 0) is 20.9 Å². The highest BCUT2D eigenvalue weighted by Gasteiger charge is 2.28. The molecule has 32 heavy (non-hydrogen) atoms. The van der Waals surface area contributed by atoms with E-state index in [1.54, 1.807) is 17.1 Å². The van der Waals surface area contributed by atoms with Gasteiger partial charge in [-0.15, -0.1) is 0 Å². The molecule has 1 fully saturated rings. The second kappa shape index (κ2) is 10.9. The van der Waals surface area contributed by atoms with Crippen molar-refractivity contribution in [2.45, 2.75) is 46.6 Å². The molecule has 3 rings (SSSR count). The number of piperidine rings is 1. The van der Waals surface area contributed by atoms with Crippen molar-refractivity contribution in [2.24, 2.45) is 5.92 Å². The standard InChI is InChI=1S/C26H32N2O4/c1-4-14-28-19(2)17-23(20(28)3)24(29)18-32-26(31)22-12-15-27(16-13-22)25(30)11-10-21-8-6-5-7-9-21/h5-11,17,22H,4,12-16,18H2,1-3H3/b11-10+. The molecular formula is C26H32N2O4. The van der Waals surface area contributed by atoms with Crippen LogP contribution < -0.4 is 0 Å². The van der Waals surface area contributed by atoms with E-state index in [2.05, 4.69) is 11.5 Å². The molecule has 0 bridgehead atoms. The quantitative estimate of drug-likeness (QED) is 0.353. The highest BCUT2D eigenvalue weighted by atomic mass is 16.5. The van der Waals surface area contributed by atoms with Crippen LogP contribution >= 0.6 is 0 Å². The summed E-state index contributed by atoms with van der Waals surface area (Å²) in [6.45, 7) is 7.64. The Bertz CT molecular complexity index is 983. The van der Waals surface area contributed by atoms with Crippen LogP contribution in [0.4, 0.5) is 0 Å². The average molecular weight is 437 g/mol. The lowest BCUT2D eigenvalue weighted by Gasteiger charge is -2.30. The van der Waals surface area contributed by atoms with Gasteiger partial charge in [-0.1, -0.05) is 37.3 Å². The van der Waals surface area contributed by atoms with E-state index in [0.29, 0.717) is 31.5 Å². The summed E-state index contributed by atoms with van der Waals surface area (Å²) in [7, 11) is 0. The predicted octanol–water partition coefficient (Wildman–Crippen LogP) is 4.19. The molecular weight excluding hydrogens is 404 g/mol. The number of Topliss-reactive ketones (excluding diaryl/α,β-unsaturated/α-hetero) is 1. The Morgan fingerprint density at radius 3 is 2.44 bits per heavy atom. The van der Waals surface area contributed by atoms with E-state index in [1.165, 1.54) is 0 Å². The van der Waals surface area contributed by atoms with Crippen LogP contribution in [-0.4, -0.2) is 46.8 Å². The second-order valence-electron chi connectivity index (χ2n) is 8.31. The van der Waals surface area contributed by atoms with Gasteiger partial charge in [0.15, 0.2) is 6.61 Å². The van der Waals surface area contributed by atoms with Gasteiger partial charge in [0.2, 0.25) is 11.7 Å². The van der Waals surface area contributed by atoms with E-state index < -0.39 is 0 Å². The molecule has 0 saturated carbocycles. The Morgan fingerprint density at radius 2 is 1.78 bits per heavy atom. The molecule has 2 heterocycles. The van der Waals surface area contributed by atoms with E-state index in [9.17, 15) is 14.4 Å². The van der Waals surface area contributed by atoms with Crippen molar-refractivity contribution in [3.8, 4) is 0 Å². The fourth-order valence-corrected chi connectivity index (χ4v) is 4.16. The molecule has 1 aliphatic heterocycles. The summed E-state index contributed by atoms with van der Waals surface area (Å²) < 4.78 is 7.47. The first-order chi connectivity index (χ1) is 15.4. The minimum Gasteiger partial charge on any atom is -0.457 e. The number of carbonyl (C=O) groups is 3. The number of aromatic nitrogens is 1. The summed E-state index contributed by atoms with van der Waals surface area (Å²) in [5.74, 6) is -0.865. The first-order valence-corrected chi connectivity index (χ1v) is 11.3. The van der Waals surface area contributed by atoms with Crippen molar-refractivity contribution < 1.29 is 19.1 Å². The van der Waals surface area contributed by atoms with E-state index in [-0.39, 0.29) is 30.2 Å². The SMILES string of the molecule is CCCn1c(C)cc(C(=O)COC(=O)C2CCN(C(=O)/C=C/c3ccccc3)CC2)c1C. The lowest BCUT2D eigenvalue weighted by atomic mass is 9.97. The molecule has 6 nitrogen and oxygen atoms in total. The number of amides is 1. The first kappa shape index (κ1) is 23.5. The van der Waals surface area contributed by atoms with E-state index in [0.717, 1.165) is 29.9 Å². The molecule has 1 aromatic heterocycles. The van der Waals surface area contributed by atoms with Crippen molar-refractivity contribution in [1.82, 2.24) is 9.47 Å². The zero-order valence-corrected chi connectivity index (χ0v) is 19.2. The summed E-state index contributed by atoms with van der Waals surface area (Å²) in [4.78, 5) is 39.2. The monoisotopic (exact) mass is 436 g/mol. The van der Waals surface area contributed by atoms with Gasteiger partial charge < -0.3 is 14.2 Å². The van der Waals surface area contributed by atoms with Crippen molar-refractivity contribution in [1.29, 1.82) is 0 Å². The second-order valence-corrected chi connectivity index (χ2v) is 8.31. The number of ketones is 1. The van der Waals surface area contributed by atoms with Gasteiger partial charge in [0.25, 0.3) is 0 Å². The lowest BCUT2D eigenvalue weighted by Crippen LogP contribution is -2.40. The average Bonchev–Trinajstić information content (AvgIpc) is 3.10. The van der Waals surface area contributed by atoms with Crippen molar-refractivity contribution in [3.63, 3.8) is 0 Å². The zero-order valence-electron chi connectivity index (χ0n) is 19.2. The molecule has 0 spiro atoms. The van der Waals surface area contributed by atoms with Crippen LogP contribution in [0.3, 0.4) is 0 Å². The van der Waals surface area contributed by atoms with E-state index in [4.69, 9.17) is 4.74 Å². The number of ether oxygens (including phenoxy) is 1. The molecule has 1 saturated heterocycles. The van der Waals surface area contributed by atoms with Gasteiger partial charge in [0.1, 0.15) is 0 Å². The van der Waals surface area contributed by atoms with Crippen LogP contribution in [0.25, 0.3) is 6.08 Å². The molecule has 170 valence electrons. The Morgan fingerprint density at radius 1 is 1.09 bits per heavy atom. The minimum atomic E-state index is -0.354. The van der Waals surface area contributed by atoms with Gasteiger partial charge in [-0.3, -0.25) is 14.4 Å². The Labute approximate surface area is 189 Å². The third-order valence-electron chi connectivity index (χ3n) is 6.02. The maximum atomic E-state index is 12.6. The van der Waals surface area contributed by atoms with Crippen molar-refractivity contribution in [2.75, 3.05) is 19.7 Å². The van der Waals surface area contributed by atoms with Crippen LogP contribution in [0.5, 0.6) is 0 Å². The van der Waals surface area contributed by atoms with E-state index in [1.807, 2.05) is 50.2 Å². The summed E-state index contributed by atoms with van der Waals surface area (Å²) in [6.07, 6.45) is 5.45. The van der Waals surface area contributed by atoms with Gasteiger partial charge >= 0.3 is 5.97 Å². The number of hydrogen-bond donors (Lipinski definition) is 0. The Kier molecular flexibility index (Phi) is 8.03. The molecule has 0 atom stereocenters. The molecule has 0 N–H and O–H groups in total. The molecule has 2 aromatic rings. The lowest BCUT2D eigenvalue weighted by molar-refractivity contribution is -0.150. The van der Waals surface area contributed by atoms with E-state index >= 15 is 0 Å². The summed E-state index contributed by atoms with van der Waals surface area (Å²) in [6, 6.07) is 11.5. The molecule has 1 amide bonds. The molecule has 1 aliphatic rings. The minimum absolute atomic E-state index is 0.0571. The maximum absolute atomic E-state index is 12.6. The van der Waals surface area contributed by atoms with Gasteiger partial charge in [0.05, 0.1) is 5.92 Å². The number of rotatable bonds is 8. The number of benzene rings is 1. The number of nitrogens with zero attached hydrogens (tertiary/aromatic N) is 2. The van der Waals surface area contributed by atoms with Gasteiger partial charge in [-0.05, 0) is 50.8 Å². The third kappa shape index (κ3) is 5.75. The molecule has 0 radical (unpaired) electrons. The van der Waals surface area contributed by atoms with Gasteiger partial charge in [-0.2, -0.15) is 0 Å². The topological polar surface area (TPSA) is 68.6 Å². The smallest absolute Gasteiger partial charge is 0.309 e. The fraction of sp³-hybridized carbons (Fsp3) is 0.423. The fourth-order valence-electron chi connectivity index (χ4n) is 4.16. The van der Waals surface area contributed by atoms with Gasteiger partial charge in [-0.25, -0.2) is 0 Å². The summed E-state index contributed by atoms with van der Waals surface area (Å²) in [5.41, 5.74) is 3.55. The third-order valence-corrected chi connectivity index (χ3v) is 6.02. The first-order valence-electron chi connectivity index (χ1n) is 11.3.